The van der Waals surface area contributed by atoms with Gasteiger partial charge < -0.3 is 0 Å². The predicted molar refractivity (Wildman–Crippen MR) is 41.9 cm³/mol. The van der Waals surface area contributed by atoms with Gasteiger partial charge in [0, 0.05) is 18.5 Å². The molecule has 0 fully saturated rings. The minimum absolute atomic E-state index is 0.596. The van der Waals surface area contributed by atoms with Crippen molar-refractivity contribution in [3.05, 3.63) is 41.9 Å². The van der Waals surface area contributed by atoms with E-state index in [4.69, 9.17) is 11.6 Å². The Morgan fingerprint density at radius 2 is 2.25 bits per heavy atom. The number of pyridine rings is 1. The summed E-state index contributed by atoms with van der Waals surface area (Å²) in [6.07, 6.45) is 5.28. The van der Waals surface area contributed by atoms with Gasteiger partial charge in [0.05, 0.1) is 11.9 Å². The lowest BCUT2D eigenvalue weighted by atomic mass is 10.4. The first-order chi connectivity index (χ1) is 5.86. The highest BCUT2D eigenvalue weighted by molar-refractivity contribution is 5.26. The van der Waals surface area contributed by atoms with E-state index in [-0.39, 0.29) is 0 Å². The third-order valence-electron chi connectivity index (χ3n) is 1.48. The molecule has 3 nitrogen and oxygen atoms in total. The molecule has 0 N–H and O–H groups in total. The topological polar surface area (TPSA) is 30.7 Å². The molecule has 2 aromatic rings. The van der Waals surface area contributed by atoms with Crippen LogP contribution in [0.15, 0.2) is 36.8 Å². The largest absolute Gasteiger partial charge is 0.336 e. The summed E-state index contributed by atoms with van der Waals surface area (Å²) >= 11 is 4.88. The Morgan fingerprint density at radius 3 is 2.83 bits per heavy atom. The maximum atomic E-state index is 4.88. The van der Waals surface area contributed by atoms with Crippen LogP contribution in [-0.2, 0) is 0 Å². The zero-order chi connectivity index (χ0) is 8.39. The van der Waals surface area contributed by atoms with Gasteiger partial charge in [0.15, 0.2) is 11.6 Å². The molecule has 0 atom stereocenters. The van der Waals surface area contributed by atoms with Crippen molar-refractivity contribution in [1.82, 2.24) is 14.8 Å². The fraction of sp³-hybridized carbons (Fsp3) is 0. The molecule has 0 aliphatic heterocycles. The zero-order valence-electron chi connectivity index (χ0n) is 6.21. The first kappa shape index (κ1) is 7.31. The molecule has 2 rings (SSSR count). The number of hydrogen-bond donors (Lipinski definition) is 0. The highest BCUT2D eigenvalue weighted by atomic mass is 35.5. The van der Waals surface area contributed by atoms with Crippen LogP contribution < -0.4 is 0 Å². The molecular weight excluding hydrogens is 174 g/mol. The minimum atomic E-state index is 0.596. The van der Waals surface area contributed by atoms with Crippen molar-refractivity contribution in [1.29, 1.82) is 0 Å². The lowest BCUT2D eigenvalue weighted by Gasteiger charge is -1.96. The lowest BCUT2D eigenvalue weighted by molar-refractivity contribution is -0.296. The molecule has 0 bridgehead atoms. The molecule has 12 heavy (non-hydrogen) atoms. The second-order valence-corrected chi connectivity index (χ2v) is 2.73. The second kappa shape index (κ2) is 2.95. The van der Waals surface area contributed by atoms with Crippen LogP contribution in [0.4, 0.5) is 0 Å². The monoisotopic (exact) mass is 180 g/mol. The fourth-order valence-corrected chi connectivity index (χ4v) is 1.09. The van der Waals surface area contributed by atoms with Crippen LogP contribution >= 0.6 is 0 Å². The van der Waals surface area contributed by atoms with E-state index in [0.29, 0.717) is 5.15 Å². The van der Waals surface area contributed by atoms with Crippen molar-refractivity contribution in [2.75, 3.05) is 0 Å². The molecule has 0 aromatic carbocycles. The summed E-state index contributed by atoms with van der Waals surface area (Å²) in [7, 11) is 0. The number of rotatable bonds is 1. The van der Waals surface area contributed by atoms with Crippen LogP contribution in [0.2, 0.25) is 5.15 Å². The Morgan fingerprint density at radius 1 is 1.33 bits per heavy atom. The summed E-state index contributed by atoms with van der Waals surface area (Å²) in [6.45, 7) is 0. The first-order valence-corrected chi connectivity index (χ1v) is 3.90. The molecule has 0 aliphatic rings. The molecule has 0 saturated carbocycles. The van der Waals surface area contributed by atoms with Gasteiger partial charge in [-0.25, -0.2) is 4.68 Å². The maximum Gasteiger partial charge on any atom is 0.336 e. The Hall–Kier alpha value is -1.35. The number of nitrogens with zero attached hydrogens (tertiary/aromatic N) is 3. The zero-order valence-corrected chi connectivity index (χ0v) is 7.03. The van der Waals surface area contributed by atoms with Crippen molar-refractivity contribution in [2.24, 2.45) is 0 Å². The van der Waals surface area contributed by atoms with Crippen molar-refractivity contribution in [3.8, 4) is 5.69 Å². The van der Waals surface area contributed by atoms with Gasteiger partial charge in [-0.05, 0) is 12.1 Å². The molecule has 0 aliphatic carbocycles. The van der Waals surface area contributed by atoms with E-state index in [9.17, 15) is 0 Å². The molecule has 0 spiro atoms. The normalized spacial score (nSPS) is 10.1. The summed E-state index contributed by atoms with van der Waals surface area (Å²) in [4.78, 5) is 3.98. The Kier molecular flexibility index (Phi) is 1.80. The summed E-state index contributed by atoms with van der Waals surface area (Å²) < 4.78 is 1.70. The Balaban J connectivity index is 2.45. The number of aromatic nitrogens is 3. The van der Waals surface area contributed by atoms with Gasteiger partial charge in [-0.2, -0.15) is 0 Å². The minimum Gasteiger partial charge on any atom is -0.262 e. The van der Waals surface area contributed by atoms with Gasteiger partial charge in [0.1, 0.15) is 0 Å². The molecule has 4 heteroatoms. The Labute approximate surface area is 74.6 Å². The van der Waals surface area contributed by atoms with Crippen molar-refractivity contribution < 1.29 is 11.6 Å². The SMILES string of the molecule is [ClH+]c1ccn(-c2cccnc2)n1. The maximum absolute atomic E-state index is 4.88. The molecule has 0 unspecified atom stereocenters. The highest BCUT2D eigenvalue weighted by Gasteiger charge is 2.02. The highest BCUT2D eigenvalue weighted by Crippen LogP contribution is 2.04. The van der Waals surface area contributed by atoms with E-state index in [1.165, 1.54) is 0 Å². The number of hydrogen-bond acceptors (Lipinski definition) is 2. The van der Waals surface area contributed by atoms with E-state index in [1.807, 2.05) is 18.3 Å². The van der Waals surface area contributed by atoms with Gasteiger partial charge in [-0.1, -0.05) is 0 Å². The van der Waals surface area contributed by atoms with E-state index in [1.54, 1.807) is 23.1 Å². The molecule has 60 valence electrons. The third-order valence-corrected chi connectivity index (χ3v) is 1.69. The standard InChI is InChI=1S/C8H7ClN3/c9-8-3-5-12(11-8)7-2-1-4-10-6-7/h1-6,9H/q+1. The second-order valence-electron chi connectivity index (χ2n) is 2.31. The van der Waals surface area contributed by atoms with Crippen LogP contribution in [0.3, 0.4) is 0 Å². The molecule has 2 heterocycles. The van der Waals surface area contributed by atoms with Crippen molar-refractivity contribution in [2.45, 2.75) is 0 Å². The quantitative estimate of drug-likeness (QED) is 0.655. The smallest absolute Gasteiger partial charge is 0.262 e. The molecule has 2 aromatic heterocycles. The van der Waals surface area contributed by atoms with Crippen LogP contribution in [0.1, 0.15) is 0 Å². The van der Waals surface area contributed by atoms with Gasteiger partial charge in [-0.3, -0.25) is 4.98 Å². The summed E-state index contributed by atoms with van der Waals surface area (Å²) in [5.74, 6) is 0. The Bertz CT molecular complexity index is 369. The van der Waals surface area contributed by atoms with Gasteiger partial charge in [0.25, 0.3) is 0 Å². The average molecular weight is 181 g/mol. The van der Waals surface area contributed by atoms with Gasteiger partial charge in [-0.15, -0.1) is 5.10 Å². The third kappa shape index (κ3) is 1.31. The summed E-state index contributed by atoms with van der Waals surface area (Å²) in [6, 6.07) is 5.57. The van der Waals surface area contributed by atoms with E-state index in [2.05, 4.69) is 10.1 Å². The summed E-state index contributed by atoms with van der Waals surface area (Å²) in [5, 5.41) is 4.67. The molecule has 0 radical (unpaired) electrons. The number of halogens is 1. The van der Waals surface area contributed by atoms with Gasteiger partial charge >= 0.3 is 5.15 Å². The first-order valence-electron chi connectivity index (χ1n) is 3.49. The predicted octanol–water partition coefficient (Wildman–Crippen LogP) is 0.964. The van der Waals surface area contributed by atoms with Crippen LogP contribution in [0.25, 0.3) is 5.69 Å². The van der Waals surface area contributed by atoms with Gasteiger partial charge in [0.2, 0.25) is 0 Å². The molecule has 0 amide bonds. The summed E-state index contributed by atoms with van der Waals surface area (Å²) in [5.41, 5.74) is 0.925. The fourth-order valence-electron chi connectivity index (χ4n) is 0.940. The lowest BCUT2D eigenvalue weighted by Crippen LogP contribution is -1.94. The van der Waals surface area contributed by atoms with E-state index >= 15 is 0 Å². The van der Waals surface area contributed by atoms with Crippen LogP contribution in [0, 0.1) is 11.6 Å². The van der Waals surface area contributed by atoms with Crippen molar-refractivity contribution in [3.63, 3.8) is 0 Å². The van der Waals surface area contributed by atoms with Crippen molar-refractivity contribution >= 4 is 0 Å². The van der Waals surface area contributed by atoms with Crippen LogP contribution in [-0.4, -0.2) is 14.8 Å². The van der Waals surface area contributed by atoms with Crippen LogP contribution in [0.5, 0.6) is 0 Å². The molecular formula is C8H7ClN3+. The van der Waals surface area contributed by atoms with E-state index < -0.39 is 0 Å². The average Bonchev–Trinajstić information content (AvgIpc) is 2.54. The molecule has 0 saturated heterocycles. The van der Waals surface area contributed by atoms with E-state index in [0.717, 1.165) is 5.69 Å².